The molecule has 0 heterocycles. The van der Waals surface area contributed by atoms with Crippen LogP contribution < -0.4 is 5.73 Å². The quantitative estimate of drug-likeness (QED) is 0.783. The number of halogens is 1. The molecule has 19 heavy (non-hydrogen) atoms. The SMILES string of the molecule is N#Cc1ccc2c(c1)CCc1cc(F)ccc1[C@@H]2N. The van der Waals surface area contributed by atoms with E-state index in [1.165, 1.54) is 6.07 Å². The summed E-state index contributed by atoms with van der Waals surface area (Å²) in [6.07, 6.45) is 1.54. The highest BCUT2D eigenvalue weighted by molar-refractivity contribution is 5.47. The fraction of sp³-hybridized carbons (Fsp3) is 0.188. The number of aryl methyl sites for hydroxylation is 2. The number of fused-ring (bicyclic) bond motifs is 2. The minimum absolute atomic E-state index is 0.227. The summed E-state index contributed by atoms with van der Waals surface area (Å²) < 4.78 is 13.3. The van der Waals surface area contributed by atoms with Gasteiger partial charge >= 0.3 is 0 Å². The molecule has 1 atom stereocenters. The van der Waals surface area contributed by atoms with Crippen LogP contribution in [0, 0.1) is 17.1 Å². The van der Waals surface area contributed by atoms with Gasteiger partial charge in [0.15, 0.2) is 0 Å². The van der Waals surface area contributed by atoms with Gasteiger partial charge < -0.3 is 5.73 Å². The number of nitrogens with zero attached hydrogens (tertiary/aromatic N) is 1. The van der Waals surface area contributed by atoms with Crippen molar-refractivity contribution in [1.29, 1.82) is 5.26 Å². The first-order chi connectivity index (χ1) is 9.19. The van der Waals surface area contributed by atoms with Crippen LogP contribution in [0.3, 0.4) is 0 Å². The Hall–Kier alpha value is -2.18. The first-order valence-electron chi connectivity index (χ1n) is 6.26. The third kappa shape index (κ3) is 2.00. The zero-order valence-electron chi connectivity index (χ0n) is 10.4. The molecule has 0 bridgehead atoms. The maximum absolute atomic E-state index is 13.3. The number of hydrogen-bond donors (Lipinski definition) is 1. The first kappa shape index (κ1) is 11.9. The topological polar surface area (TPSA) is 49.8 Å². The predicted molar refractivity (Wildman–Crippen MR) is 71.0 cm³/mol. The second kappa shape index (κ2) is 4.49. The lowest BCUT2D eigenvalue weighted by Gasteiger charge is -2.15. The van der Waals surface area contributed by atoms with Gasteiger partial charge in [-0.2, -0.15) is 5.26 Å². The zero-order valence-corrected chi connectivity index (χ0v) is 10.4. The molecule has 94 valence electrons. The lowest BCUT2D eigenvalue weighted by Crippen LogP contribution is -2.13. The Morgan fingerprint density at radius 2 is 1.68 bits per heavy atom. The van der Waals surface area contributed by atoms with Crippen molar-refractivity contribution in [2.75, 3.05) is 0 Å². The highest BCUT2D eigenvalue weighted by Gasteiger charge is 2.21. The van der Waals surface area contributed by atoms with Gasteiger partial charge in [-0.3, -0.25) is 0 Å². The number of benzene rings is 2. The van der Waals surface area contributed by atoms with E-state index >= 15 is 0 Å². The summed E-state index contributed by atoms with van der Waals surface area (Å²) in [6, 6.07) is 12.3. The number of rotatable bonds is 0. The monoisotopic (exact) mass is 252 g/mol. The second-order valence-corrected chi connectivity index (χ2v) is 4.85. The molecule has 0 radical (unpaired) electrons. The molecule has 2 aromatic rings. The van der Waals surface area contributed by atoms with Crippen LogP contribution in [0.4, 0.5) is 4.39 Å². The maximum atomic E-state index is 13.3. The smallest absolute Gasteiger partial charge is 0.123 e. The molecule has 0 aromatic heterocycles. The molecule has 0 fully saturated rings. The van der Waals surface area contributed by atoms with Crippen LogP contribution in [0.5, 0.6) is 0 Å². The van der Waals surface area contributed by atoms with Gasteiger partial charge in [-0.25, -0.2) is 4.39 Å². The van der Waals surface area contributed by atoms with Gasteiger partial charge in [-0.1, -0.05) is 12.1 Å². The Morgan fingerprint density at radius 1 is 1.05 bits per heavy atom. The van der Waals surface area contributed by atoms with E-state index in [2.05, 4.69) is 6.07 Å². The molecule has 2 N–H and O–H groups in total. The van der Waals surface area contributed by atoms with Crippen molar-refractivity contribution in [1.82, 2.24) is 0 Å². The average molecular weight is 252 g/mol. The first-order valence-corrected chi connectivity index (χ1v) is 6.26. The third-order valence-corrected chi connectivity index (χ3v) is 3.71. The Kier molecular flexibility index (Phi) is 2.81. The maximum Gasteiger partial charge on any atom is 0.123 e. The number of nitrogens with two attached hydrogens (primary N) is 1. The molecule has 0 amide bonds. The van der Waals surface area contributed by atoms with Crippen molar-refractivity contribution in [2.45, 2.75) is 18.9 Å². The summed E-state index contributed by atoms with van der Waals surface area (Å²) in [5.41, 5.74) is 11.0. The minimum atomic E-state index is -0.249. The zero-order chi connectivity index (χ0) is 13.4. The van der Waals surface area contributed by atoms with Gasteiger partial charge in [-0.15, -0.1) is 0 Å². The molecule has 0 saturated heterocycles. The standard InChI is InChI=1S/C16H13FN2/c17-13-4-6-15-12(8-13)3-2-11-7-10(9-18)1-5-14(11)16(15)19/h1,4-8,16H,2-3,19H2/t16-/m1/s1. The van der Waals surface area contributed by atoms with E-state index in [4.69, 9.17) is 11.0 Å². The summed E-state index contributed by atoms with van der Waals surface area (Å²) in [4.78, 5) is 0. The summed E-state index contributed by atoms with van der Waals surface area (Å²) >= 11 is 0. The van der Waals surface area contributed by atoms with E-state index in [-0.39, 0.29) is 11.9 Å². The van der Waals surface area contributed by atoms with Gasteiger partial charge in [0.1, 0.15) is 5.82 Å². The van der Waals surface area contributed by atoms with Crippen LogP contribution in [-0.4, -0.2) is 0 Å². The van der Waals surface area contributed by atoms with E-state index in [1.54, 1.807) is 18.2 Å². The van der Waals surface area contributed by atoms with Gasteiger partial charge in [0.25, 0.3) is 0 Å². The van der Waals surface area contributed by atoms with E-state index < -0.39 is 0 Å². The van der Waals surface area contributed by atoms with Crippen molar-refractivity contribution in [2.24, 2.45) is 5.73 Å². The summed E-state index contributed by atoms with van der Waals surface area (Å²) in [5.74, 6) is -0.227. The fourth-order valence-corrected chi connectivity index (χ4v) is 2.73. The molecule has 0 aliphatic heterocycles. The van der Waals surface area contributed by atoms with E-state index in [1.807, 2.05) is 12.1 Å². The van der Waals surface area contributed by atoms with Crippen LogP contribution in [0.2, 0.25) is 0 Å². The number of hydrogen-bond acceptors (Lipinski definition) is 2. The highest BCUT2D eigenvalue weighted by Crippen LogP contribution is 2.31. The summed E-state index contributed by atoms with van der Waals surface area (Å²) in [7, 11) is 0. The summed E-state index contributed by atoms with van der Waals surface area (Å²) in [5, 5.41) is 8.95. The van der Waals surface area contributed by atoms with Gasteiger partial charge in [0, 0.05) is 0 Å². The normalized spacial score (nSPS) is 17.0. The van der Waals surface area contributed by atoms with Gasteiger partial charge in [-0.05, 0) is 59.4 Å². The molecule has 0 unspecified atom stereocenters. The molecule has 3 rings (SSSR count). The molecular formula is C16H13FN2. The molecular weight excluding hydrogens is 239 g/mol. The lowest BCUT2D eigenvalue weighted by atomic mass is 9.94. The van der Waals surface area contributed by atoms with E-state index in [0.29, 0.717) is 5.56 Å². The third-order valence-electron chi connectivity index (χ3n) is 3.71. The van der Waals surface area contributed by atoms with E-state index in [9.17, 15) is 4.39 Å². The Bertz CT molecular complexity index is 686. The number of nitriles is 1. The molecule has 1 aliphatic rings. The minimum Gasteiger partial charge on any atom is -0.320 e. The molecule has 2 nitrogen and oxygen atoms in total. The van der Waals surface area contributed by atoms with Crippen molar-refractivity contribution in [3.05, 3.63) is 70.0 Å². The molecule has 2 aromatic carbocycles. The van der Waals surface area contributed by atoms with Crippen LogP contribution in [-0.2, 0) is 12.8 Å². The Morgan fingerprint density at radius 3 is 2.37 bits per heavy atom. The van der Waals surface area contributed by atoms with Crippen molar-refractivity contribution in [3.63, 3.8) is 0 Å². The average Bonchev–Trinajstić information content (AvgIpc) is 2.56. The Labute approximate surface area is 111 Å². The fourth-order valence-electron chi connectivity index (χ4n) is 2.73. The van der Waals surface area contributed by atoms with Crippen molar-refractivity contribution >= 4 is 0 Å². The van der Waals surface area contributed by atoms with Crippen LogP contribution >= 0.6 is 0 Å². The molecule has 1 aliphatic carbocycles. The highest BCUT2D eigenvalue weighted by atomic mass is 19.1. The predicted octanol–water partition coefficient (Wildman–Crippen LogP) is 2.84. The second-order valence-electron chi connectivity index (χ2n) is 4.85. The van der Waals surface area contributed by atoms with Gasteiger partial charge in [0.05, 0.1) is 17.7 Å². The van der Waals surface area contributed by atoms with Gasteiger partial charge in [0.2, 0.25) is 0 Å². The summed E-state index contributed by atoms with van der Waals surface area (Å²) in [6.45, 7) is 0. The van der Waals surface area contributed by atoms with Crippen LogP contribution in [0.15, 0.2) is 36.4 Å². The van der Waals surface area contributed by atoms with Crippen molar-refractivity contribution < 1.29 is 4.39 Å². The largest absolute Gasteiger partial charge is 0.320 e. The van der Waals surface area contributed by atoms with Crippen molar-refractivity contribution in [3.8, 4) is 6.07 Å². The lowest BCUT2D eigenvalue weighted by molar-refractivity contribution is 0.623. The van der Waals surface area contributed by atoms with Crippen LogP contribution in [0.1, 0.15) is 33.9 Å². The van der Waals surface area contributed by atoms with E-state index in [0.717, 1.165) is 35.1 Å². The Balaban J connectivity index is 2.14. The molecule has 0 saturated carbocycles. The van der Waals surface area contributed by atoms with Crippen LogP contribution in [0.25, 0.3) is 0 Å². The molecule has 3 heteroatoms. The molecule has 0 spiro atoms.